The van der Waals surface area contributed by atoms with E-state index in [4.69, 9.17) is 0 Å². The van der Waals surface area contributed by atoms with Crippen molar-refractivity contribution in [2.75, 3.05) is 18.0 Å². The van der Waals surface area contributed by atoms with Gasteiger partial charge in [-0.1, -0.05) is 6.07 Å². The summed E-state index contributed by atoms with van der Waals surface area (Å²) in [6, 6.07) is 4.42. The zero-order valence-corrected chi connectivity index (χ0v) is 10.2. The molecule has 1 aromatic rings. The number of sulfonamides is 1. The Morgan fingerprint density at radius 3 is 2.44 bits per heavy atom. The van der Waals surface area contributed by atoms with Gasteiger partial charge in [-0.25, -0.2) is 12.8 Å². The van der Waals surface area contributed by atoms with Crippen LogP contribution in [0.25, 0.3) is 0 Å². The highest BCUT2D eigenvalue weighted by Crippen LogP contribution is 2.20. The van der Waals surface area contributed by atoms with Crippen molar-refractivity contribution >= 4 is 15.7 Å². The second-order valence-electron chi connectivity index (χ2n) is 3.62. The van der Waals surface area contributed by atoms with Crippen LogP contribution in [0.3, 0.4) is 0 Å². The number of halogens is 1. The monoisotopic (exact) mass is 246 g/mol. The molecule has 0 radical (unpaired) electrons. The first-order chi connectivity index (χ1) is 7.33. The first-order valence-corrected chi connectivity index (χ1v) is 6.67. The highest BCUT2D eigenvalue weighted by molar-refractivity contribution is 7.92. The van der Waals surface area contributed by atoms with Gasteiger partial charge >= 0.3 is 0 Å². The maximum Gasteiger partial charge on any atom is 0.229 e. The van der Waals surface area contributed by atoms with Crippen LogP contribution in [0.15, 0.2) is 18.2 Å². The summed E-state index contributed by atoms with van der Waals surface area (Å²) in [5.41, 5.74) is 0.730. The van der Waals surface area contributed by atoms with Crippen molar-refractivity contribution in [2.24, 2.45) is 0 Å². The molecule has 90 valence electrons. The zero-order valence-electron chi connectivity index (χ0n) is 9.41. The molecule has 1 rings (SSSR count). The predicted octanol–water partition coefficient (Wildman–Crippen LogP) is 1.48. The summed E-state index contributed by atoms with van der Waals surface area (Å²) in [5.74, 6) is -0.579. The molecular weight excluding hydrogens is 231 g/mol. The van der Waals surface area contributed by atoms with Crippen LogP contribution in [0, 0.1) is 5.82 Å². The lowest BCUT2D eigenvalue weighted by molar-refractivity contribution is 0.601. The van der Waals surface area contributed by atoms with Gasteiger partial charge in [0.1, 0.15) is 5.82 Å². The molecule has 0 bridgehead atoms. The number of hydrogen-bond acceptors (Lipinski definition) is 3. The molecule has 2 N–H and O–H groups in total. The lowest BCUT2D eigenvalue weighted by Crippen LogP contribution is -2.14. The maximum absolute atomic E-state index is 13.5. The molecule has 0 aliphatic heterocycles. The molecule has 6 heteroatoms. The van der Waals surface area contributed by atoms with E-state index in [0.29, 0.717) is 0 Å². The standard InChI is InChI=1S/C10H15FN2O2S/c1-7(12-2)8-4-5-10(9(11)6-8)13-16(3,14)15/h4-7,12-13H,1-3H3. The Bertz CT molecular complexity index is 474. The molecule has 16 heavy (non-hydrogen) atoms. The number of hydrogen-bond donors (Lipinski definition) is 2. The quantitative estimate of drug-likeness (QED) is 0.846. The number of nitrogens with one attached hydrogen (secondary N) is 2. The maximum atomic E-state index is 13.5. The summed E-state index contributed by atoms with van der Waals surface area (Å²) in [7, 11) is -1.67. The molecule has 1 atom stereocenters. The molecule has 1 unspecified atom stereocenters. The Labute approximate surface area is 94.9 Å². The Hall–Kier alpha value is -1.14. The average Bonchev–Trinajstić information content (AvgIpc) is 2.18. The van der Waals surface area contributed by atoms with Gasteiger partial charge in [0.05, 0.1) is 11.9 Å². The van der Waals surface area contributed by atoms with Gasteiger partial charge in [-0.15, -0.1) is 0 Å². The topological polar surface area (TPSA) is 58.2 Å². The average molecular weight is 246 g/mol. The van der Waals surface area contributed by atoms with E-state index in [9.17, 15) is 12.8 Å². The molecule has 0 aromatic heterocycles. The van der Waals surface area contributed by atoms with Crippen LogP contribution in [-0.4, -0.2) is 21.7 Å². The van der Waals surface area contributed by atoms with Gasteiger partial charge in [-0.3, -0.25) is 4.72 Å². The second kappa shape index (κ2) is 4.80. The highest BCUT2D eigenvalue weighted by atomic mass is 32.2. The minimum atomic E-state index is -3.44. The van der Waals surface area contributed by atoms with Crippen LogP contribution in [0.5, 0.6) is 0 Å². The van der Waals surface area contributed by atoms with E-state index in [-0.39, 0.29) is 11.7 Å². The van der Waals surface area contributed by atoms with E-state index in [0.717, 1.165) is 11.8 Å². The van der Waals surface area contributed by atoms with Crippen molar-refractivity contribution in [3.05, 3.63) is 29.6 Å². The third-order valence-electron chi connectivity index (χ3n) is 2.22. The number of anilines is 1. The zero-order chi connectivity index (χ0) is 12.3. The molecule has 1 aromatic carbocycles. The van der Waals surface area contributed by atoms with Crippen LogP contribution in [0.1, 0.15) is 18.5 Å². The van der Waals surface area contributed by atoms with E-state index >= 15 is 0 Å². The van der Waals surface area contributed by atoms with E-state index < -0.39 is 15.8 Å². The van der Waals surface area contributed by atoms with Crippen LogP contribution in [0.4, 0.5) is 10.1 Å². The van der Waals surface area contributed by atoms with Crippen LogP contribution >= 0.6 is 0 Å². The molecular formula is C10H15FN2O2S. The molecule has 4 nitrogen and oxygen atoms in total. The Morgan fingerprint density at radius 2 is 2.00 bits per heavy atom. The predicted molar refractivity (Wildman–Crippen MR) is 62.3 cm³/mol. The number of benzene rings is 1. The van der Waals surface area contributed by atoms with Gasteiger partial charge < -0.3 is 5.32 Å². The molecule has 0 amide bonds. The summed E-state index contributed by atoms with van der Waals surface area (Å²) in [6.45, 7) is 1.89. The third-order valence-corrected chi connectivity index (χ3v) is 2.81. The molecule has 0 heterocycles. The van der Waals surface area contributed by atoms with Crippen LogP contribution < -0.4 is 10.0 Å². The second-order valence-corrected chi connectivity index (χ2v) is 5.37. The van der Waals surface area contributed by atoms with Gasteiger partial charge in [-0.05, 0) is 31.7 Å². The van der Waals surface area contributed by atoms with Gasteiger partial charge in [0.2, 0.25) is 10.0 Å². The van der Waals surface area contributed by atoms with Crippen molar-refractivity contribution in [2.45, 2.75) is 13.0 Å². The summed E-state index contributed by atoms with van der Waals surface area (Å²) < 4.78 is 37.5. The van der Waals surface area contributed by atoms with Crippen LogP contribution in [-0.2, 0) is 10.0 Å². The van der Waals surface area contributed by atoms with Gasteiger partial charge in [-0.2, -0.15) is 0 Å². The number of rotatable bonds is 4. The van der Waals surface area contributed by atoms with Crippen molar-refractivity contribution in [3.63, 3.8) is 0 Å². The van der Waals surface area contributed by atoms with Crippen molar-refractivity contribution in [1.29, 1.82) is 0 Å². The Balaban J connectivity index is 3.01. The minimum Gasteiger partial charge on any atom is -0.313 e. The fourth-order valence-electron chi connectivity index (χ4n) is 1.25. The summed E-state index contributed by atoms with van der Waals surface area (Å²) in [5, 5.41) is 2.97. The smallest absolute Gasteiger partial charge is 0.229 e. The molecule has 0 spiro atoms. The molecule has 0 saturated heterocycles. The fraction of sp³-hybridized carbons (Fsp3) is 0.400. The van der Waals surface area contributed by atoms with E-state index in [1.807, 2.05) is 6.92 Å². The fourth-order valence-corrected chi connectivity index (χ4v) is 1.81. The molecule has 0 fully saturated rings. The first kappa shape index (κ1) is 12.9. The third kappa shape index (κ3) is 3.46. The first-order valence-electron chi connectivity index (χ1n) is 4.78. The van der Waals surface area contributed by atoms with Gasteiger partial charge in [0.15, 0.2) is 0 Å². The summed E-state index contributed by atoms with van der Waals surface area (Å²) in [4.78, 5) is 0. The van der Waals surface area contributed by atoms with E-state index in [1.165, 1.54) is 12.1 Å². The van der Waals surface area contributed by atoms with Crippen molar-refractivity contribution < 1.29 is 12.8 Å². The van der Waals surface area contributed by atoms with Gasteiger partial charge in [0, 0.05) is 6.04 Å². The Kier molecular flexibility index (Phi) is 3.88. The lowest BCUT2D eigenvalue weighted by atomic mass is 10.1. The lowest BCUT2D eigenvalue weighted by Gasteiger charge is -2.12. The molecule has 0 aliphatic rings. The van der Waals surface area contributed by atoms with Crippen molar-refractivity contribution in [1.82, 2.24) is 5.32 Å². The van der Waals surface area contributed by atoms with Crippen LogP contribution in [0.2, 0.25) is 0 Å². The summed E-state index contributed by atoms with van der Waals surface area (Å²) in [6.07, 6.45) is 0.983. The van der Waals surface area contributed by atoms with Gasteiger partial charge in [0.25, 0.3) is 0 Å². The van der Waals surface area contributed by atoms with E-state index in [2.05, 4.69) is 10.0 Å². The minimum absolute atomic E-state index is 0.0155. The SMILES string of the molecule is CNC(C)c1ccc(NS(C)(=O)=O)c(F)c1. The molecule has 0 aliphatic carbocycles. The molecule has 0 saturated carbocycles. The Morgan fingerprint density at radius 1 is 1.38 bits per heavy atom. The van der Waals surface area contributed by atoms with E-state index in [1.54, 1.807) is 13.1 Å². The largest absolute Gasteiger partial charge is 0.313 e. The summed E-state index contributed by atoms with van der Waals surface area (Å²) >= 11 is 0. The van der Waals surface area contributed by atoms with Crippen molar-refractivity contribution in [3.8, 4) is 0 Å². The normalized spacial score (nSPS) is 13.5. The highest BCUT2D eigenvalue weighted by Gasteiger charge is 2.10.